The fourth-order valence-electron chi connectivity index (χ4n) is 3.97. The van der Waals surface area contributed by atoms with Gasteiger partial charge < -0.3 is 9.30 Å². The Labute approximate surface area is 183 Å². The molecule has 1 fully saturated rings. The molecule has 0 saturated carbocycles. The van der Waals surface area contributed by atoms with Gasteiger partial charge >= 0.3 is 0 Å². The predicted molar refractivity (Wildman–Crippen MR) is 118 cm³/mol. The summed E-state index contributed by atoms with van der Waals surface area (Å²) in [7, 11) is -3.64. The van der Waals surface area contributed by atoms with E-state index in [2.05, 4.69) is 14.5 Å². The van der Waals surface area contributed by atoms with Crippen LogP contribution in [0.1, 0.15) is 49.3 Å². The molecule has 1 saturated heterocycles. The Balaban J connectivity index is 1.61. The van der Waals surface area contributed by atoms with E-state index in [4.69, 9.17) is 4.74 Å². The lowest BCUT2D eigenvalue weighted by atomic mass is 10.2. The van der Waals surface area contributed by atoms with Crippen LogP contribution >= 0.6 is 0 Å². The third-order valence-electron chi connectivity index (χ3n) is 5.58. The fraction of sp³-hybridized carbons (Fsp3) is 0.391. The lowest BCUT2D eigenvalue weighted by molar-refractivity contribution is 0.317. The molecule has 0 N–H and O–H groups in total. The summed E-state index contributed by atoms with van der Waals surface area (Å²) in [5, 5.41) is 0. The first kappa shape index (κ1) is 21.5. The van der Waals surface area contributed by atoms with Crippen molar-refractivity contribution in [2.24, 2.45) is 0 Å². The molecule has 4 rings (SSSR count). The Bertz CT molecular complexity index is 1110. The summed E-state index contributed by atoms with van der Waals surface area (Å²) in [6.45, 7) is 5.77. The quantitative estimate of drug-likeness (QED) is 0.530. The van der Waals surface area contributed by atoms with Gasteiger partial charge in [-0.25, -0.2) is 13.4 Å². The molecule has 3 aromatic rings. The van der Waals surface area contributed by atoms with Crippen LogP contribution in [0.25, 0.3) is 0 Å². The van der Waals surface area contributed by atoms with Gasteiger partial charge in [0.2, 0.25) is 10.0 Å². The number of imidazole rings is 1. The van der Waals surface area contributed by atoms with Gasteiger partial charge in [0.1, 0.15) is 11.6 Å². The molecule has 7 nitrogen and oxygen atoms in total. The molecular formula is C23H28N4O3S. The Kier molecular flexibility index (Phi) is 6.38. The summed E-state index contributed by atoms with van der Waals surface area (Å²) in [6, 6.07) is 10.4. The van der Waals surface area contributed by atoms with Crippen LogP contribution in [0.3, 0.4) is 0 Å². The molecule has 1 aliphatic rings. The number of aromatic nitrogens is 3. The molecule has 164 valence electrons. The zero-order chi connectivity index (χ0) is 21.8. The number of pyridine rings is 1. The van der Waals surface area contributed by atoms with Crippen molar-refractivity contribution in [3.8, 4) is 5.75 Å². The zero-order valence-electron chi connectivity index (χ0n) is 17.9. The molecule has 0 amide bonds. The summed E-state index contributed by atoms with van der Waals surface area (Å²) >= 11 is 0. The monoisotopic (exact) mass is 440 g/mol. The Morgan fingerprint density at radius 2 is 1.87 bits per heavy atom. The van der Waals surface area contributed by atoms with Gasteiger partial charge in [-0.05, 0) is 68.1 Å². The highest BCUT2D eigenvalue weighted by atomic mass is 32.2. The van der Waals surface area contributed by atoms with E-state index < -0.39 is 10.0 Å². The maximum Gasteiger partial charge on any atom is 0.243 e. The molecule has 2 aromatic heterocycles. The minimum Gasteiger partial charge on any atom is -0.494 e. The van der Waals surface area contributed by atoms with Crippen molar-refractivity contribution in [3.05, 3.63) is 72.1 Å². The highest BCUT2D eigenvalue weighted by molar-refractivity contribution is 7.89. The predicted octanol–water partition coefficient (Wildman–Crippen LogP) is 3.95. The molecule has 3 heterocycles. The van der Waals surface area contributed by atoms with Gasteiger partial charge in [0.05, 0.1) is 17.5 Å². The second kappa shape index (κ2) is 9.20. The van der Waals surface area contributed by atoms with Crippen LogP contribution in [0.4, 0.5) is 0 Å². The molecule has 1 atom stereocenters. The van der Waals surface area contributed by atoms with E-state index in [1.165, 1.54) is 0 Å². The van der Waals surface area contributed by atoms with Crippen LogP contribution in [0.2, 0.25) is 0 Å². The normalized spacial score (nSPS) is 17.2. The average molecular weight is 441 g/mol. The van der Waals surface area contributed by atoms with Gasteiger partial charge in [-0.3, -0.25) is 4.98 Å². The van der Waals surface area contributed by atoms with Gasteiger partial charge in [0.15, 0.2) is 0 Å². The Morgan fingerprint density at radius 1 is 1.13 bits per heavy atom. The maximum absolute atomic E-state index is 13.5. The van der Waals surface area contributed by atoms with Gasteiger partial charge in [0, 0.05) is 37.4 Å². The van der Waals surface area contributed by atoms with E-state index in [-0.39, 0.29) is 10.9 Å². The van der Waals surface area contributed by atoms with Crippen LogP contribution in [0, 0.1) is 6.92 Å². The third-order valence-corrected chi connectivity index (χ3v) is 7.50. The number of rotatable bonds is 8. The fourth-order valence-corrected chi connectivity index (χ4v) is 5.63. The lowest BCUT2D eigenvalue weighted by Crippen LogP contribution is -2.32. The van der Waals surface area contributed by atoms with Gasteiger partial charge in [-0.2, -0.15) is 4.31 Å². The van der Waals surface area contributed by atoms with E-state index in [9.17, 15) is 8.42 Å². The first-order valence-corrected chi connectivity index (χ1v) is 12.1. The number of ether oxygens (including phenoxy) is 1. The zero-order valence-corrected chi connectivity index (χ0v) is 18.8. The topological polar surface area (TPSA) is 77.3 Å². The minimum absolute atomic E-state index is 0.281. The number of benzene rings is 1. The van der Waals surface area contributed by atoms with Crippen molar-refractivity contribution < 1.29 is 13.2 Å². The van der Waals surface area contributed by atoms with E-state index >= 15 is 0 Å². The molecule has 1 aliphatic heterocycles. The average Bonchev–Trinajstić information content (AvgIpc) is 3.41. The lowest BCUT2D eigenvalue weighted by Gasteiger charge is -2.25. The van der Waals surface area contributed by atoms with E-state index in [1.807, 2.05) is 32.2 Å². The van der Waals surface area contributed by atoms with Crippen LogP contribution < -0.4 is 4.74 Å². The molecule has 8 heteroatoms. The molecular weight excluding hydrogens is 412 g/mol. The summed E-state index contributed by atoms with van der Waals surface area (Å²) in [5.74, 6) is 1.47. The summed E-state index contributed by atoms with van der Waals surface area (Å²) < 4.78 is 36.2. The Morgan fingerprint density at radius 3 is 2.58 bits per heavy atom. The number of nitrogens with zero attached hydrogens (tertiary/aromatic N) is 4. The standard InChI is InChI=1S/C23H28N4O3S/c1-3-15-30-20-6-8-21(9-7-20)31(28,29)27-14-4-5-22(27)23-25-16-18(2)26(23)17-19-10-12-24-13-11-19/h6-13,16,22H,3-5,14-15,17H2,1-2H3. The smallest absolute Gasteiger partial charge is 0.243 e. The maximum atomic E-state index is 13.5. The molecule has 31 heavy (non-hydrogen) atoms. The molecule has 1 aromatic carbocycles. The van der Waals surface area contributed by atoms with Crippen LogP contribution in [0.15, 0.2) is 59.9 Å². The Hall–Kier alpha value is -2.71. The molecule has 0 spiro atoms. The van der Waals surface area contributed by atoms with Gasteiger partial charge in [-0.1, -0.05) is 6.92 Å². The highest BCUT2D eigenvalue weighted by Crippen LogP contribution is 2.36. The summed E-state index contributed by atoms with van der Waals surface area (Å²) in [6.07, 6.45) is 7.82. The van der Waals surface area contributed by atoms with Crippen molar-refractivity contribution in [1.82, 2.24) is 18.8 Å². The largest absolute Gasteiger partial charge is 0.494 e. The van der Waals surface area contributed by atoms with Gasteiger partial charge in [0.25, 0.3) is 0 Å². The van der Waals surface area contributed by atoms with Crippen LogP contribution in [-0.2, 0) is 16.6 Å². The number of hydrogen-bond donors (Lipinski definition) is 0. The first-order valence-electron chi connectivity index (χ1n) is 10.7. The third kappa shape index (κ3) is 4.50. The van der Waals surface area contributed by atoms with E-state index in [0.717, 1.165) is 36.3 Å². The molecule has 0 bridgehead atoms. The number of sulfonamides is 1. The molecule has 0 radical (unpaired) electrons. The van der Waals surface area contributed by atoms with Crippen molar-refractivity contribution in [3.63, 3.8) is 0 Å². The molecule has 1 unspecified atom stereocenters. The SMILES string of the molecule is CCCOc1ccc(S(=O)(=O)N2CCCC2c2ncc(C)n2Cc2ccncc2)cc1. The summed E-state index contributed by atoms with van der Waals surface area (Å²) in [5.41, 5.74) is 2.11. The second-order valence-corrected chi connectivity index (χ2v) is 9.68. The van der Waals surface area contributed by atoms with Crippen LogP contribution in [0.5, 0.6) is 5.75 Å². The summed E-state index contributed by atoms with van der Waals surface area (Å²) in [4.78, 5) is 8.98. The second-order valence-electron chi connectivity index (χ2n) is 7.79. The van der Waals surface area contributed by atoms with Crippen molar-refractivity contribution >= 4 is 10.0 Å². The highest BCUT2D eigenvalue weighted by Gasteiger charge is 2.38. The van der Waals surface area contributed by atoms with E-state index in [0.29, 0.717) is 25.4 Å². The minimum atomic E-state index is -3.64. The van der Waals surface area contributed by atoms with Crippen LogP contribution in [-0.4, -0.2) is 40.4 Å². The van der Waals surface area contributed by atoms with E-state index in [1.54, 1.807) is 41.0 Å². The van der Waals surface area contributed by atoms with Crippen molar-refractivity contribution in [2.75, 3.05) is 13.2 Å². The number of hydrogen-bond acceptors (Lipinski definition) is 5. The molecule has 0 aliphatic carbocycles. The first-order chi connectivity index (χ1) is 15.0. The van der Waals surface area contributed by atoms with Crippen molar-refractivity contribution in [2.45, 2.75) is 50.6 Å². The number of aryl methyl sites for hydroxylation is 1. The van der Waals surface area contributed by atoms with Gasteiger partial charge in [-0.15, -0.1) is 0 Å². The van der Waals surface area contributed by atoms with Crippen molar-refractivity contribution in [1.29, 1.82) is 0 Å².